The zero-order valence-corrected chi connectivity index (χ0v) is 11.4. The Morgan fingerprint density at radius 2 is 1.74 bits per heavy atom. The van der Waals surface area contributed by atoms with Gasteiger partial charge in [0.25, 0.3) is 0 Å². The van der Waals surface area contributed by atoms with Gasteiger partial charge < -0.3 is 15.2 Å². The molecule has 0 aromatic carbocycles. The van der Waals surface area contributed by atoms with Gasteiger partial charge in [-0.2, -0.15) is 4.98 Å². The smallest absolute Gasteiger partial charge is 0.347 e. The van der Waals surface area contributed by atoms with E-state index in [9.17, 15) is 4.79 Å². The number of hydrogen-bond acceptors (Lipinski definition) is 4. The Balaban J connectivity index is 1.99. The summed E-state index contributed by atoms with van der Waals surface area (Å²) in [7, 11) is 0. The van der Waals surface area contributed by atoms with Crippen molar-refractivity contribution in [1.29, 1.82) is 0 Å². The predicted octanol–water partition coefficient (Wildman–Crippen LogP) is 0.838. The summed E-state index contributed by atoms with van der Waals surface area (Å²) < 4.78 is 0. The highest BCUT2D eigenvalue weighted by molar-refractivity contribution is 5.49. The van der Waals surface area contributed by atoms with E-state index in [1.807, 2.05) is 0 Å². The summed E-state index contributed by atoms with van der Waals surface area (Å²) in [5.74, 6) is 0.948. The molecule has 2 aliphatic rings. The Morgan fingerprint density at radius 3 is 2.53 bits per heavy atom. The second kappa shape index (κ2) is 5.74. The van der Waals surface area contributed by atoms with Crippen LogP contribution in [0.25, 0.3) is 0 Å². The maximum atomic E-state index is 11.8. The first kappa shape index (κ1) is 12.7. The third-order valence-corrected chi connectivity index (χ3v) is 4.11. The van der Waals surface area contributed by atoms with E-state index in [-0.39, 0.29) is 5.69 Å². The van der Waals surface area contributed by atoms with Crippen LogP contribution in [0.4, 0.5) is 5.82 Å². The van der Waals surface area contributed by atoms with Crippen LogP contribution in [0.5, 0.6) is 0 Å². The van der Waals surface area contributed by atoms with E-state index in [1.165, 1.54) is 31.2 Å². The Hall–Kier alpha value is -1.36. The molecule has 0 aliphatic carbocycles. The average molecular weight is 262 g/mol. The van der Waals surface area contributed by atoms with Crippen molar-refractivity contribution in [3.63, 3.8) is 0 Å². The number of nitrogens with zero attached hydrogens (tertiary/aromatic N) is 2. The molecule has 5 heteroatoms. The lowest BCUT2D eigenvalue weighted by molar-refractivity contribution is 0.707. The van der Waals surface area contributed by atoms with Gasteiger partial charge in [-0.3, -0.25) is 0 Å². The minimum absolute atomic E-state index is 0.195. The summed E-state index contributed by atoms with van der Waals surface area (Å²) in [5.41, 5.74) is 2.15. The van der Waals surface area contributed by atoms with E-state index < -0.39 is 0 Å². The summed E-state index contributed by atoms with van der Waals surface area (Å²) in [6, 6.07) is 0. The molecule has 0 radical (unpaired) electrons. The van der Waals surface area contributed by atoms with Crippen molar-refractivity contribution in [3.05, 3.63) is 21.7 Å². The average Bonchev–Trinajstić information content (AvgIpc) is 2.79. The third-order valence-electron chi connectivity index (χ3n) is 4.11. The minimum Gasteiger partial charge on any atom is -0.356 e. The van der Waals surface area contributed by atoms with Crippen molar-refractivity contribution in [2.24, 2.45) is 0 Å². The molecule has 2 N–H and O–H groups in total. The zero-order valence-electron chi connectivity index (χ0n) is 11.4. The molecule has 2 aliphatic heterocycles. The molecule has 0 spiro atoms. The van der Waals surface area contributed by atoms with E-state index in [1.54, 1.807) is 0 Å². The van der Waals surface area contributed by atoms with Crippen molar-refractivity contribution < 1.29 is 0 Å². The van der Waals surface area contributed by atoms with Crippen LogP contribution >= 0.6 is 0 Å². The molecule has 1 aromatic rings. The second-order valence-electron chi connectivity index (χ2n) is 5.47. The van der Waals surface area contributed by atoms with Crippen LogP contribution in [0.2, 0.25) is 0 Å². The first-order valence-corrected chi connectivity index (χ1v) is 7.42. The van der Waals surface area contributed by atoms with Gasteiger partial charge >= 0.3 is 5.69 Å². The van der Waals surface area contributed by atoms with Gasteiger partial charge in [-0.1, -0.05) is 12.8 Å². The monoisotopic (exact) mass is 262 g/mol. The van der Waals surface area contributed by atoms with E-state index in [0.717, 1.165) is 50.5 Å². The van der Waals surface area contributed by atoms with Crippen LogP contribution in [0.15, 0.2) is 4.79 Å². The van der Waals surface area contributed by atoms with Crippen molar-refractivity contribution in [2.75, 3.05) is 31.1 Å². The van der Waals surface area contributed by atoms with Crippen LogP contribution in [-0.2, 0) is 12.8 Å². The lowest BCUT2D eigenvalue weighted by atomic mass is 10.1. The molecule has 1 saturated heterocycles. The number of anilines is 1. The highest BCUT2D eigenvalue weighted by Crippen LogP contribution is 2.23. The SMILES string of the molecule is O=c1nc(N2CCCCCC2)c2c([nH]1)CCNCC2. The van der Waals surface area contributed by atoms with Gasteiger partial charge in [-0.05, 0) is 25.8 Å². The minimum atomic E-state index is -0.195. The lowest BCUT2D eigenvalue weighted by Gasteiger charge is -2.24. The zero-order chi connectivity index (χ0) is 13.1. The van der Waals surface area contributed by atoms with Crippen molar-refractivity contribution in [1.82, 2.24) is 15.3 Å². The molecule has 0 bridgehead atoms. The predicted molar refractivity (Wildman–Crippen MR) is 75.8 cm³/mol. The molecule has 19 heavy (non-hydrogen) atoms. The number of nitrogens with one attached hydrogen (secondary N) is 2. The molecule has 1 aromatic heterocycles. The van der Waals surface area contributed by atoms with E-state index in [2.05, 4.69) is 20.2 Å². The maximum Gasteiger partial charge on any atom is 0.347 e. The fraction of sp³-hybridized carbons (Fsp3) is 0.714. The molecule has 0 saturated carbocycles. The molecule has 0 atom stereocenters. The normalized spacial score (nSPS) is 20.5. The van der Waals surface area contributed by atoms with Gasteiger partial charge in [0.05, 0.1) is 0 Å². The Morgan fingerprint density at radius 1 is 1.00 bits per heavy atom. The highest BCUT2D eigenvalue weighted by Gasteiger charge is 2.20. The molecule has 104 valence electrons. The Kier molecular flexibility index (Phi) is 3.82. The van der Waals surface area contributed by atoms with E-state index in [4.69, 9.17) is 0 Å². The van der Waals surface area contributed by atoms with Crippen molar-refractivity contribution >= 4 is 5.82 Å². The van der Waals surface area contributed by atoms with Crippen LogP contribution in [0.3, 0.4) is 0 Å². The number of aromatic amines is 1. The molecule has 3 rings (SSSR count). The summed E-state index contributed by atoms with van der Waals surface area (Å²) in [6.07, 6.45) is 6.87. The maximum absolute atomic E-state index is 11.8. The molecule has 1 fully saturated rings. The largest absolute Gasteiger partial charge is 0.356 e. The Labute approximate surface area is 113 Å². The number of rotatable bonds is 1. The van der Waals surface area contributed by atoms with Gasteiger partial charge in [0.15, 0.2) is 0 Å². The summed E-state index contributed by atoms with van der Waals surface area (Å²) in [5, 5.41) is 3.39. The van der Waals surface area contributed by atoms with Gasteiger partial charge in [0, 0.05) is 37.3 Å². The molecule has 5 nitrogen and oxygen atoms in total. The number of aromatic nitrogens is 2. The summed E-state index contributed by atoms with van der Waals surface area (Å²) in [4.78, 5) is 21.3. The topological polar surface area (TPSA) is 61.0 Å². The van der Waals surface area contributed by atoms with Gasteiger partial charge in [0.2, 0.25) is 0 Å². The van der Waals surface area contributed by atoms with Crippen molar-refractivity contribution in [3.8, 4) is 0 Å². The van der Waals surface area contributed by atoms with E-state index in [0.29, 0.717) is 0 Å². The van der Waals surface area contributed by atoms with Crippen molar-refractivity contribution in [2.45, 2.75) is 38.5 Å². The number of H-pyrrole nitrogens is 1. The van der Waals surface area contributed by atoms with Crippen LogP contribution < -0.4 is 15.9 Å². The number of hydrogen-bond donors (Lipinski definition) is 2. The lowest BCUT2D eigenvalue weighted by Crippen LogP contribution is -2.30. The molecule has 3 heterocycles. The second-order valence-corrected chi connectivity index (χ2v) is 5.47. The first-order valence-electron chi connectivity index (χ1n) is 7.42. The van der Waals surface area contributed by atoms with Gasteiger partial charge in [-0.25, -0.2) is 4.79 Å². The molecule has 0 amide bonds. The van der Waals surface area contributed by atoms with Crippen LogP contribution in [-0.4, -0.2) is 36.1 Å². The molecule has 0 unspecified atom stereocenters. The molecular weight excluding hydrogens is 240 g/mol. The Bertz CT molecular complexity index is 489. The fourth-order valence-corrected chi connectivity index (χ4v) is 3.10. The standard InChI is InChI=1S/C14H22N4O/c19-14-16-12-6-8-15-7-5-11(12)13(17-14)18-9-3-1-2-4-10-18/h15H,1-10H2,(H,16,17,19). The van der Waals surface area contributed by atoms with Crippen LogP contribution in [0.1, 0.15) is 36.9 Å². The fourth-order valence-electron chi connectivity index (χ4n) is 3.10. The van der Waals surface area contributed by atoms with Gasteiger partial charge in [-0.15, -0.1) is 0 Å². The van der Waals surface area contributed by atoms with Gasteiger partial charge in [0.1, 0.15) is 5.82 Å². The van der Waals surface area contributed by atoms with Crippen LogP contribution in [0, 0.1) is 0 Å². The summed E-state index contributed by atoms with van der Waals surface area (Å²) in [6.45, 7) is 3.99. The summed E-state index contributed by atoms with van der Waals surface area (Å²) >= 11 is 0. The third kappa shape index (κ3) is 2.81. The highest BCUT2D eigenvalue weighted by atomic mass is 16.1. The number of fused-ring (bicyclic) bond motifs is 1. The quantitative estimate of drug-likeness (QED) is 0.787. The molecular formula is C14H22N4O. The first-order chi connectivity index (χ1) is 9.34. The van der Waals surface area contributed by atoms with E-state index >= 15 is 0 Å².